The van der Waals surface area contributed by atoms with E-state index in [0.29, 0.717) is 16.9 Å². The van der Waals surface area contributed by atoms with Crippen LogP contribution in [0.4, 0.5) is 13.2 Å². The Morgan fingerprint density at radius 2 is 1.67 bits per heavy atom. The summed E-state index contributed by atoms with van der Waals surface area (Å²) in [4.78, 5) is 10.5. The lowest BCUT2D eigenvalue weighted by Crippen LogP contribution is -2.10. The van der Waals surface area contributed by atoms with Gasteiger partial charge in [0, 0.05) is 5.56 Å². The third kappa shape index (κ3) is 3.75. The number of carbonyl (C=O) groups is 1. The first-order chi connectivity index (χ1) is 9.88. The number of halogens is 3. The number of alkyl halides is 3. The van der Waals surface area contributed by atoms with Crippen LogP contribution in [0.3, 0.4) is 0 Å². The Kier molecular flexibility index (Phi) is 4.16. The summed E-state index contributed by atoms with van der Waals surface area (Å²) in [5, 5.41) is 8.61. The molecule has 0 aliphatic carbocycles. The van der Waals surface area contributed by atoms with Gasteiger partial charge in [0.2, 0.25) is 0 Å². The number of carboxylic acids is 1. The molecule has 0 bridgehead atoms. The molecule has 0 heterocycles. The average Bonchev–Trinajstić information content (AvgIpc) is 2.44. The van der Waals surface area contributed by atoms with Crippen LogP contribution in [-0.2, 0) is 11.0 Å². The summed E-state index contributed by atoms with van der Waals surface area (Å²) >= 11 is 0. The molecule has 0 saturated carbocycles. The molecule has 0 atom stereocenters. The maximum atomic E-state index is 12.5. The molecule has 0 spiro atoms. The van der Waals surface area contributed by atoms with Gasteiger partial charge in [0.1, 0.15) is 5.75 Å². The summed E-state index contributed by atoms with van der Waals surface area (Å²) in [5.74, 6) is -0.822. The van der Waals surface area contributed by atoms with Crippen LogP contribution in [0.5, 0.6) is 5.75 Å². The van der Waals surface area contributed by atoms with Crippen LogP contribution in [0, 0.1) is 0 Å². The highest BCUT2D eigenvalue weighted by Crippen LogP contribution is 2.33. The van der Waals surface area contributed by atoms with Crippen molar-refractivity contribution in [2.45, 2.75) is 6.18 Å². The highest BCUT2D eigenvalue weighted by atomic mass is 19.4. The van der Waals surface area contributed by atoms with Crippen molar-refractivity contribution in [2.24, 2.45) is 0 Å². The zero-order valence-electron chi connectivity index (χ0n) is 10.7. The maximum absolute atomic E-state index is 12.5. The fraction of sp³-hybridized carbons (Fsp3) is 0.133. The summed E-state index contributed by atoms with van der Waals surface area (Å²) in [6.07, 6.45) is -4.39. The Morgan fingerprint density at radius 1 is 1.05 bits per heavy atom. The molecule has 0 fully saturated rings. The fourth-order valence-corrected chi connectivity index (χ4v) is 1.81. The van der Waals surface area contributed by atoms with Crippen molar-refractivity contribution in [1.29, 1.82) is 0 Å². The zero-order chi connectivity index (χ0) is 15.5. The van der Waals surface area contributed by atoms with Gasteiger partial charge < -0.3 is 9.84 Å². The van der Waals surface area contributed by atoms with Crippen molar-refractivity contribution in [3.63, 3.8) is 0 Å². The van der Waals surface area contributed by atoms with E-state index in [-0.39, 0.29) is 0 Å². The molecule has 2 aromatic rings. The summed E-state index contributed by atoms with van der Waals surface area (Å²) < 4.78 is 42.7. The molecule has 0 amide bonds. The molecule has 0 aliphatic heterocycles. The Hall–Kier alpha value is -2.50. The number of para-hydroxylation sites is 1. The number of benzene rings is 2. The Bertz CT molecular complexity index is 633. The molecule has 21 heavy (non-hydrogen) atoms. The first-order valence-electron chi connectivity index (χ1n) is 5.99. The normalized spacial score (nSPS) is 11.2. The Balaban J connectivity index is 2.31. The molecule has 0 saturated heterocycles. The summed E-state index contributed by atoms with van der Waals surface area (Å²) in [6, 6.07) is 11.2. The van der Waals surface area contributed by atoms with Gasteiger partial charge in [-0.2, -0.15) is 13.2 Å². The van der Waals surface area contributed by atoms with E-state index in [4.69, 9.17) is 9.84 Å². The van der Waals surface area contributed by atoms with Crippen molar-refractivity contribution in [3.05, 3.63) is 54.1 Å². The van der Waals surface area contributed by atoms with Gasteiger partial charge in [-0.25, -0.2) is 4.79 Å². The number of carboxylic acid groups (broad SMARTS) is 1. The number of hydrogen-bond acceptors (Lipinski definition) is 2. The van der Waals surface area contributed by atoms with Crippen LogP contribution in [0.15, 0.2) is 48.5 Å². The molecule has 0 unspecified atom stereocenters. The minimum absolute atomic E-state index is 0.305. The van der Waals surface area contributed by atoms with Crippen LogP contribution in [0.2, 0.25) is 0 Å². The van der Waals surface area contributed by atoms with E-state index >= 15 is 0 Å². The molecule has 0 aromatic heterocycles. The number of hydrogen-bond donors (Lipinski definition) is 1. The van der Waals surface area contributed by atoms with E-state index in [9.17, 15) is 18.0 Å². The zero-order valence-corrected chi connectivity index (χ0v) is 10.7. The topological polar surface area (TPSA) is 46.5 Å². The number of rotatable bonds is 4. The molecular weight excluding hydrogens is 285 g/mol. The third-order valence-electron chi connectivity index (χ3n) is 2.76. The van der Waals surface area contributed by atoms with Crippen LogP contribution < -0.4 is 4.74 Å². The van der Waals surface area contributed by atoms with Gasteiger partial charge in [0.15, 0.2) is 6.61 Å². The molecule has 2 rings (SSSR count). The highest BCUT2D eigenvalue weighted by Gasteiger charge is 2.30. The van der Waals surface area contributed by atoms with Crippen molar-refractivity contribution >= 4 is 5.97 Å². The minimum atomic E-state index is -4.39. The molecule has 0 aliphatic rings. The number of aliphatic carboxylic acids is 1. The summed E-state index contributed by atoms with van der Waals surface area (Å²) in [5.41, 5.74) is 0.312. The predicted molar refractivity (Wildman–Crippen MR) is 70.0 cm³/mol. The van der Waals surface area contributed by atoms with Crippen LogP contribution in [0.1, 0.15) is 5.56 Å². The summed E-state index contributed by atoms with van der Waals surface area (Å²) in [6.45, 7) is -0.516. The van der Waals surface area contributed by atoms with E-state index in [1.807, 2.05) is 0 Å². The van der Waals surface area contributed by atoms with Gasteiger partial charge in [-0.15, -0.1) is 0 Å². The van der Waals surface area contributed by atoms with Gasteiger partial charge in [0.05, 0.1) is 5.56 Å². The molecule has 1 N–H and O–H groups in total. The molecular formula is C15H11F3O3. The predicted octanol–water partition coefficient (Wildman–Crippen LogP) is 3.84. The molecule has 0 radical (unpaired) electrons. The van der Waals surface area contributed by atoms with Gasteiger partial charge in [0.25, 0.3) is 0 Å². The van der Waals surface area contributed by atoms with Gasteiger partial charge in [-0.05, 0) is 23.8 Å². The van der Waals surface area contributed by atoms with Crippen LogP contribution in [0.25, 0.3) is 11.1 Å². The average molecular weight is 296 g/mol. The second-order valence-electron chi connectivity index (χ2n) is 4.25. The summed E-state index contributed by atoms with van der Waals surface area (Å²) in [7, 11) is 0. The van der Waals surface area contributed by atoms with Crippen molar-refractivity contribution < 1.29 is 27.8 Å². The first kappa shape index (κ1) is 14.9. The smallest absolute Gasteiger partial charge is 0.416 e. The van der Waals surface area contributed by atoms with Crippen molar-refractivity contribution in [2.75, 3.05) is 6.61 Å². The van der Waals surface area contributed by atoms with Gasteiger partial charge >= 0.3 is 12.1 Å². The highest BCUT2D eigenvalue weighted by molar-refractivity contribution is 5.72. The monoisotopic (exact) mass is 296 g/mol. The molecule has 3 nitrogen and oxygen atoms in total. The van der Waals surface area contributed by atoms with E-state index < -0.39 is 24.3 Å². The van der Waals surface area contributed by atoms with Gasteiger partial charge in [-0.3, -0.25) is 0 Å². The van der Waals surface area contributed by atoms with Crippen LogP contribution >= 0.6 is 0 Å². The Labute approximate surface area is 118 Å². The lowest BCUT2D eigenvalue weighted by atomic mass is 10.0. The largest absolute Gasteiger partial charge is 0.481 e. The quantitative estimate of drug-likeness (QED) is 0.932. The molecule has 6 heteroatoms. The van der Waals surface area contributed by atoms with E-state index in [1.54, 1.807) is 24.3 Å². The van der Waals surface area contributed by atoms with Crippen molar-refractivity contribution in [1.82, 2.24) is 0 Å². The van der Waals surface area contributed by atoms with Crippen molar-refractivity contribution in [3.8, 4) is 16.9 Å². The van der Waals surface area contributed by atoms with Crippen LogP contribution in [-0.4, -0.2) is 17.7 Å². The lowest BCUT2D eigenvalue weighted by molar-refractivity contribution is -0.139. The standard InChI is InChI=1S/C15H11F3O3/c16-15(17,18)11-7-5-10(6-8-11)12-3-1-2-4-13(12)21-9-14(19)20/h1-8H,9H2,(H,19,20). The minimum Gasteiger partial charge on any atom is -0.481 e. The van der Waals surface area contributed by atoms with E-state index in [1.165, 1.54) is 12.1 Å². The Morgan fingerprint density at radius 3 is 2.24 bits per heavy atom. The van der Waals surface area contributed by atoms with E-state index in [0.717, 1.165) is 12.1 Å². The third-order valence-corrected chi connectivity index (χ3v) is 2.76. The lowest BCUT2D eigenvalue weighted by Gasteiger charge is -2.11. The fourth-order valence-electron chi connectivity index (χ4n) is 1.81. The second kappa shape index (κ2) is 5.87. The first-order valence-corrected chi connectivity index (χ1v) is 5.99. The molecule has 110 valence electrons. The SMILES string of the molecule is O=C(O)COc1ccccc1-c1ccc(C(F)(F)F)cc1. The maximum Gasteiger partial charge on any atom is 0.416 e. The second-order valence-corrected chi connectivity index (χ2v) is 4.25. The number of ether oxygens (including phenoxy) is 1. The molecule has 2 aromatic carbocycles. The van der Waals surface area contributed by atoms with Gasteiger partial charge in [-0.1, -0.05) is 30.3 Å². The van der Waals surface area contributed by atoms with E-state index in [2.05, 4.69) is 0 Å².